The molecule has 0 amide bonds. The normalized spacial score (nSPS) is 13.9. The van der Waals surface area contributed by atoms with Gasteiger partial charge in [0.05, 0.1) is 16.3 Å². The van der Waals surface area contributed by atoms with Crippen LogP contribution in [0.4, 0.5) is 52.7 Å². The molecule has 15 heteroatoms. The number of benzene rings is 1. The van der Waals surface area contributed by atoms with Gasteiger partial charge in [0, 0.05) is 0 Å². The third-order valence-corrected chi connectivity index (χ3v) is 3.57. The van der Waals surface area contributed by atoms with E-state index < -0.39 is 62.6 Å². The monoisotopic (exact) mass is 450 g/mol. The van der Waals surface area contributed by atoms with Crippen molar-refractivity contribution < 1.29 is 52.7 Å². The maximum absolute atomic E-state index is 14.1. The summed E-state index contributed by atoms with van der Waals surface area (Å²) in [5.41, 5.74) is -8.61. The van der Waals surface area contributed by atoms with E-state index in [4.69, 9.17) is 11.6 Å². The van der Waals surface area contributed by atoms with Gasteiger partial charge in [-0.15, -0.1) is 0 Å². The van der Waals surface area contributed by atoms with Gasteiger partial charge < -0.3 is 0 Å². The van der Waals surface area contributed by atoms with Gasteiger partial charge in [0.2, 0.25) is 5.95 Å². The highest BCUT2D eigenvalue weighted by molar-refractivity contribution is 6.32. The first kappa shape index (κ1) is 22.2. The molecule has 28 heavy (non-hydrogen) atoms. The summed E-state index contributed by atoms with van der Waals surface area (Å²) in [7, 11) is 0. The Kier molecular flexibility index (Phi) is 5.11. The smallest absolute Gasteiger partial charge is 0.204 e. The third-order valence-electron chi connectivity index (χ3n) is 3.27. The Morgan fingerprint density at radius 3 is 1.75 bits per heavy atom. The van der Waals surface area contributed by atoms with Crippen LogP contribution in [0.5, 0.6) is 0 Å². The van der Waals surface area contributed by atoms with Crippen LogP contribution in [0, 0.1) is 5.95 Å². The Balaban J connectivity index is 2.79. The second-order valence-corrected chi connectivity index (χ2v) is 5.57. The summed E-state index contributed by atoms with van der Waals surface area (Å²) < 4.78 is 154. The first-order valence-electron chi connectivity index (χ1n) is 6.57. The zero-order valence-electron chi connectivity index (χ0n) is 12.5. The third kappa shape index (κ3) is 3.73. The van der Waals surface area contributed by atoms with Gasteiger partial charge in [-0.25, -0.2) is 4.68 Å². The van der Waals surface area contributed by atoms with E-state index in [1.54, 1.807) is 0 Å². The Morgan fingerprint density at radius 1 is 0.821 bits per heavy atom. The molecule has 0 aliphatic heterocycles. The van der Waals surface area contributed by atoms with Crippen molar-refractivity contribution in [3.05, 3.63) is 46.0 Å². The van der Waals surface area contributed by atoms with Crippen LogP contribution in [-0.2, 0) is 18.3 Å². The van der Waals surface area contributed by atoms with Gasteiger partial charge in [-0.2, -0.15) is 57.8 Å². The van der Waals surface area contributed by atoms with Gasteiger partial charge in [0.25, 0.3) is 0 Å². The zero-order chi connectivity index (χ0) is 21.9. The van der Waals surface area contributed by atoms with Crippen LogP contribution in [0.15, 0.2) is 18.2 Å². The summed E-state index contributed by atoms with van der Waals surface area (Å²) in [6.07, 6.45) is -17.6. The van der Waals surface area contributed by atoms with E-state index in [-0.39, 0.29) is 18.2 Å². The van der Waals surface area contributed by atoms with E-state index in [1.807, 2.05) is 0 Å². The van der Waals surface area contributed by atoms with Crippen molar-refractivity contribution in [2.24, 2.45) is 0 Å². The topological polar surface area (TPSA) is 17.8 Å². The van der Waals surface area contributed by atoms with Crippen molar-refractivity contribution in [3.63, 3.8) is 0 Å². The van der Waals surface area contributed by atoms with E-state index >= 15 is 0 Å². The fourth-order valence-electron chi connectivity index (χ4n) is 2.02. The quantitative estimate of drug-likeness (QED) is 0.487. The highest BCUT2D eigenvalue weighted by Gasteiger charge is 2.64. The van der Waals surface area contributed by atoms with Crippen LogP contribution in [-0.4, -0.2) is 16.0 Å². The predicted molar refractivity (Wildman–Crippen MR) is 68.5 cm³/mol. The molecule has 2 aromatic rings. The lowest BCUT2D eigenvalue weighted by molar-refractivity contribution is -0.292. The number of rotatable bonds is 2. The summed E-state index contributed by atoms with van der Waals surface area (Å²) in [4.78, 5) is 0. The minimum absolute atomic E-state index is 0.104. The summed E-state index contributed by atoms with van der Waals surface area (Å²) in [5.74, 6) is -8.93. The molecule has 2 nitrogen and oxygen atoms in total. The van der Waals surface area contributed by atoms with Crippen molar-refractivity contribution in [1.82, 2.24) is 9.78 Å². The number of halogens is 13. The van der Waals surface area contributed by atoms with Crippen LogP contribution in [0.3, 0.4) is 0 Å². The van der Waals surface area contributed by atoms with Crippen molar-refractivity contribution in [2.45, 2.75) is 24.5 Å². The predicted octanol–water partition coefficient (Wildman–Crippen LogP) is 6.36. The Hall–Kier alpha value is -2.12. The second-order valence-electron chi connectivity index (χ2n) is 5.16. The molecular formula is C13H3ClF12N2. The molecule has 1 heterocycles. The van der Waals surface area contributed by atoms with Crippen LogP contribution in [0.25, 0.3) is 5.69 Å². The molecule has 2 rings (SSSR count). The van der Waals surface area contributed by atoms with Crippen LogP contribution >= 0.6 is 11.6 Å². The molecule has 0 N–H and O–H groups in total. The second kappa shape index (κ2) is 6.46. The van der Waals surface area contributed by atoms with E-state index in [2.05, 4.69) is 5.10 Å². The number of hydrogen-bond donors (Lipinski definition) is 0. The standard InChI is InChI=1S/C13H3ClF12N2/c14-5-3-4(11(18,19)20)1-2-6(5)28-9(15)7(12(21,22)23)8(27-28)10(16,17)13(24,25)26/h1-3H. The lowest BCUT2D eigenvalue weighted by Gasteiger charge is -2.19. The maximum Gasteiger partial charge on any atom is 0.459 e. The molecule has 0 atom stereocenters. The fourth-order valence-corrected chi connectivity index (χ4v) is 2.28. The van der Waals surface area contributed by atoms with Crippen molar-refractivity contribution in [3.8, 4) is 5.69 Å². The number of aromatic nitrogens is 2. The molecule has 0 saturated carbocycles. The van der Waals surface area contributed by atoms with E-state index in [1.165, 1.54) is 0 Å². The molecule has 0 unspecified atom stereocenters. The first-order valence-corrected chi connectivity index (χ1v) is 6.94. The average molecular weight is 451 g/mol. The molecule has 0 aliphatic rings. The zero-order valence-corrected chi connectivity index (χ0v) is 13.3. The Bertz CT molecular complexity index is 891. The first-order chi connectivity index (χ1) is 12.4. The number of hydrogen-bond acceptors (Lipinski definition) is 1. The minimum atomic E-state index is -6.57. The minimum Gasteiger partial charge on any atom is -0.204 e. The summed E-state index contributed by atoms with van der Waals surface area (Å²) in [6, 6.07) is 0.556. The molecule has 1 aromatic heterocycles. The molecule has 0 bridgehead atoms. The number of nitrogens with zero attached hydrogens (tertiary/aromatic N) is 2. The van der Waals surface area contributed by atoms with Gasteiger partial charge in [0.1, 0.15) is 5.56 Å². The van der Waals surface area contributed by atoms with E-state index in [9.17, 15) is 52.7 Å². The Morgan fingerprint density at radius 2 is 1.36 bits per heavy atom. The number of alkyl halides is 11. The summed E-state index contributed by atoms with van der Waals surface area (Å²) in [6.45, 7) is 0. The molecular weight excluding hydrogens is 448 g/mol. The largest absolute Gasteiger partial charge is 0.459 e. The molecule has 0 saturated heterocycles. The lowest BCUT2D eigenvalue weighted by atomic mass is 10.1. The molecule has 1 aromatic carbocycles. The van der Waals surface area contributed by atoms with Gasteiger partial charge >= 0.3 is 24.5 Å². The van der Waals surface area contributed by atoms with Gasteiger partial charge in [0.15, 0.2) is 5.69 Å². The van der Waals surface area contributed by atoms with Crippen molar-refractivity contribution >= 4 is 11.6 Å². The van der Waals surface area contributed by atoms with Crippen molar-refractivity contribution in [1.29, 1.82) is 0 Å². The molecule has 156 valence electrons. The summed E-state index contributed by atoms with van der Waals surface area (Å²) in [5, 5.41) is 1.22. The molecule has 0 radical (unpaired) electrons. The van der Waals surface area contributed by atoms with Gasteiger partial charge in [-0.3, -0.25) is 0 Å². The lowest BCUT2D eigenvalue weighted by Crippen LogP contribution is -2.36. The Labute approximate surface area is 151 Å². The molecule has 0 aliphatic carbocycles. The fraction of sp³-hybridized carbons (Fsp3) is 0.308. The van der Waals surface area contributed by atoms with Crippen LogP contribution in [0.1, 0.15) is 16.8 Å². The molecule has 0 fully saturated rings. The van der Waals surface area contributed by atoms with Gasteiger partial charge in [-0.05, 0) is 18.2 Å². The van der Waals surface area contributed by atoms with Crippen LogP contribution < -0.4 is 0 Å². The van der Waals surface area contributed by atoms with Gasteiger partial charge in [-0.1, -0.05) is 11.6 Å². The highest BCUT2D eigenvalue weighted by atomic mass is 35.5. The highest BCUT2D eigenvalue weighted by Crippen LogP contribution is 2.48. The van der Waals surface area contributed by atoms with Crippen LogP contribution in [0.2, 0.25) is 5.02 Å². The molecule has 0 spiro atoms. The van der Waals surface area contributed by atoms with E-state index in [0.29, 0.717) is 0 Å². The van der Waals surface area contributed by atoms with E-state index in [0.717, 1.165) is 0 Å². The average Bonchev–Trinajstić information content (AvgIpc) is 2.83. The SMILES string of the molecule is Fc1c(C(F)(F)F)c(C(F)(F)C(F)(F)F)nn1-c1ccc(C(F)(F)F)cc1Cl. The summed E-state index contributed by atoms with van der Waals surface area (Å²) >= 11 is 5.40. The van der Waals surface area contributed by atoms with Crippen molar-refractivity contribution in [2.75, 3.05) is 0 Å². The maximum atomic E-state index is 14.1.